The normalized spacial score (nSPS) is 11.2. The van der Waals surface area contributed by atoms with Crippen molar-refractivity contribution in [1.29, 1.82) is 0 Å². The molecule has 1 aromatic heterocycles. The molecule has 0 atom stereocenters. The van der Waals surface area contributed by atoms with Gasteiger partial charge in [0.1, 0.15) is 17.3 Å². The van der Waals surface area contributed by atoms with Crippen molar-refractivity contribution in [2.45, 2.75) is 26.2 Å². The number of rotatable bonds is 8. The molecule has 0 bridgehead atoms. The van der Waals surface area contributed by atoms with Gasteiger partial charge < -0.3 is 19.5 Å². The van der Waals surface area contributed by atoms with E-state index in [1.165, 1.54) is 13.0 Å². The van der Waals surface area contributed by atoms with Crippen LogP contribution in [0.4, 0.5) is 19.0 Å². The minimum Gasteiger partial charge on any atom is -0.497 e. The van der Waals surface area contributed by atoms with E-state index in [1.54, 1.807) is 43.4 Å². The van der Waals surface area contributed by atoms with Gasteiger partial charge in [-0.3, -0.25) is 0 Å². The van der Waals surface area contributed by atoms with E-state index in [0.717, 1.165) is 11.1 Å². The fraction of sp³-hybridized carbons (Fsp3) is 0.250. The van der Waals surface area contributed by atoms with Crippen molar-refractivity contribution in [2.24, 2.45) is 0 Å². The first kappa shape index (κ1) is 23.9. The Morgan fingerprint density at radius 2 is 1.39 bits per heavy atom. The van der Waals surface area contributed by atoms with Gasteiger partial charge in [-0.2, -0.15) is 13.2 Å². The van der Waals surface area contributed by atoms with E-state index in [0.29, 0.717) is 11.5 Å². The number of aryl methyl sites for hydroxylation is 1. The number of pyridine rings is 1. The third-order valence-corrected chi connectivity index (χ3v) is 5.08. The molecule has 2 aromatic carbocycles. The summed E-state index contributed by atoms with van der Waals surface area (Å²) in [4.78, 5) is 17.3. The summed E-state index contributed by atoms with van der Waals surface area (Å²) in [6.45, 7) is 1.80. The molecule has 0 unspecified atom stereocenters. The van der Waals surface area contributed by atoms with Gasteiger partial charge in [-0.05, 0) is 53.9 Å². The number of alkyl halides is 3. The molecule has 0 fully saturated rings. The number of anilines is 1. The standard InChI is InChI=1S/C24H23F3N2O4/c1-15-12-20(28-22(23(30)31)21(15)24(25,26)27)29(13-16-4-8-18(32-2)9-5-16)14-17-6-10-19(33-3)11-7-17/h4-12H,13-14H2,1-3H3,(H,30,31). The van der Waals surface area contributed by atoms with E-state index < -0.39 is 23.4 Å². The molecule has 0 radical (unpaired) electrons. The molecule has 1 heterocycles. The first-order valence-electron chi connectivity index (χ1n) is 9.95. The first-order valence-corrected chi connectivity index (χ1v) is 9.95. The van der Waals surface area contributed by atoms with Crippen LogP contribution in [0.25, 0.3) is 0 Å². The summed E-state index contributed by atoms with van der Waals surface area (Å²) in [6, 6.07) is 15.7. The van der Waals surface area contributed by atoms with Crippen LogP contribution in [0.3, 0.4) is 0 Å². The van der Waals surface area contributed by atoms with E-state index >= 15 is 0 Å². The number of benzene rings is 2. The molecule has 0 aliphatic carbocycles. The zero-order chi connectivity index (χ0) is 24.2. The Morgan fingerprint density at radius 1 is 0.939 bits per heavy atom. The maximum atomic E-state index is 13.5. The smallest absolute Gasteiger partial charge is 0.419 e. The molecular weight excluding hydrogens is 437 g/mol. The number of carbonyl (C=O) groups is 1. The topological polar surface area (TPSA) is 71.9 Å². The van der Waals surface area contributed by atoms with Crippen LogP contribution in [0.15, 0.2) is 54.6 Å². The summed E-state index contributed by atoms with van der Waals surface area (Å²) in [7, 11) is 3.10. The highest BCUT2D eigenvalue weighted by Gasteiger charge is 2.39. The number of ether oxygens (including phenoxy) is 2. The predicted octanol–water partition coefficient (Wildman–Crippen LogP) is 5.33. The van der Waals surface area contributed by atoms with Gasteiger partial charge in [0.15, 0.2) is 5.69 Å². The summed E-state index contributed by atoms with van der Waals surface area (Å²) in [5.74, 6) is -0.278. The lowest BCUT2D eigenvalue weighted by atomic mass is 10.1. The van der Waals surface area contributed by atoms with Gasteiger partial charge in [0.2, 0.25) is 0 Å². The first-order chi connectivity index (χ1) is 15.6. The second-order valence-electron chi connectivity index (χ2n) is 7.38. The van der Waals surface area contributed by atoms with Crippen LogP contribution < -0.4 is 14.4 Å². The number of hydrogen-bond acceptors (Lipinski definition) is 5. The lowest BCUT2D eigenvalue weighted by Gasteiger charge is -2.26. The molecule has 9 heteroatoms. The highest BCUT2D eigenvalue weighted by Crippen LogP contribution is 2.36. The third kappa shape index (κ3) is 5.74. The fourth-order valence-corrected chi connectivity index (χ4v) is 3.45. The van der Waals surface area contributed by atoms with Crippen molar-refractivity contribution < 1.29 is 32.5 Å². The number of methoxy groups -OCH3 is 2. The fourth-order valence-electron chi connectivity index (χ4n) is 3.45. The Kier molecular flexibility index (Phi) is 7.10. The van der Waals surface area contributed by atoms with Gasteiger partial charge in [0, 0.05) is 13.1 Å². The average molecular weight is 460 g/mol. The summed E-state index contributed by atoms with van der Waals surface area (Å²) >= 11 is 0. The molecular formula is C24H23F3N2O4. The minimum absolute atomic E-state index is 0.129. The van der Waals surface area contributed by atoms with Gasteiger partial charge in [-0.1, -0.05) is 24.3 Å². The van der Waals surface area contributed by atoms with Crippen LogP contribution in [0.1, 0.15) is 32.7 Å². The molecule has 3 rings (SSSR count). The Morgan fingerprint density at radius 3 is 1.76 bits per heavy atom. The van der Waals surface area contributed by atoms with Crippen LogP contribution in [0.5, 0.6) is 11.5 Å². The lowest BCUT2D eigenvalue weighted by Crippen LogP contribution is -2.26. The molecule has 0 amide bonds. The van der Waals surface area contributed by atoms with E-state index in [4.69, 9.17) is 9.47 Å². The molecule has 0 saturated carbocycles. The van der Waals surface area contributed by atoms with Crippen molar-refractivity contribution in [2.75, 3.05) is 19.1 Å². The Labute approximate surface area is 189 Å². The van der Waals surface area contributed by atoms with Crippen LogP contribution in [-0.2, 0) is 19.3 Å². The molecule has 3 aromatic rings. The van der Waals surface area contributed by atoms with Gasteiger partial charge in [-0.25, -0.2) is 9.78 Å². The van der Waals surface area contributed by atoms with Crippen LogP contribution in [-0.4, -0.2) is 30.3 Å². The van der Waals surface area contributed by atoms with E-state index in [-0.39, 0.29) is 24.5 Å². The number of aromatic carboxylic acids is 1. The SMILES string of the molecule is COc1ccc(CN(Cc2ccc(OC)cc2)c2cc(C)c(C(F)(F)F)c(C(=O)O)n2)cc1. The van der Waals surface area contributed by atoms with Gasteiger partial charge in [-0.15, -0.1) is 0 Å². The number of carboxylic acid groups (broad SMARTS) is 1. The zero-order valence-corrected chi connectivity index (χ0v) is 18.3. The van der Waals surface area contributed by atoms with Crippen LogP contribution in [0.2, 0.25) is 0 Å². The van der Waals surface area contributed by atoms with Crippen molar-refractivity contribution in [3.63, 3.8) is 0 Å². The van der Waals surface area contributed by atoms with E-state index in [1.807, 2.05) is 24.3 Å². The van der Waals surface area contributed by atoms with Crippen molar-refractivity contribution in [3.05, 3.63) is 82.5 Å². The maximum Gasteiger partial charge on any atom is 0.419 e. The van der Waals surface area contributed by atoms with Gasteiger partial charge in [0.05, 0.1) is 19.8 Å². The zero-order valence-electron chi connectivity index (χ0n) is 18.3. The number of halogens is 3. The quantitative estimate of drug-likeness (QED) is 0.490. The Bertz CT molecular complexity index is 1060. The second kappa shape index (κ2) is 9.81. The third-order valence-electron chi connectivity index (χ3n) is 5.08. The highest BCUT2D eigenvalue weighted by atomic mass is 19.4. The number of nitrogens with zero attached hydrogens (tertiary/aromatic N) is 2. The lowest BCUT2D eigenvalue weighted by molar-refractivity contribution is -0.138. The predicted molar refractivity (Wildman–Crippen MR) is 117 cm³/mol. The minimum atomic E-state index is -4.83. The summed E-state index contributed by atoms with van der Waals surface area (Å²) in [5.41, 5.74) is -0.778. The van der Waals surface area contributed by atoms with Crippen molar-refractivity contribution in [1.82, 2.24) is 4.98 Å². The van der Waals surface area contributed by atoms with E-state index in [2.05, 4.69) is 4.98 Å². The molecule has 0 saturated heterocycles. The second-order valence-corrected chi connectivity index (χ2v) is 7.38. The Balaban J connectivity index is 2.05. The number of aromatic nitrogens is 1. The largest absolute Gasteiger partial charge is 0.497 e. The van der Waals surface area contributed by atoms with E-state index in [9.17, 15) is 23.1 Å². The monoisotopic (exact) mass is 460 g/mol. The van der Waals surface area contributed by atoms with Crippen molar-refractivity contribution >= 4 is 11.8 Å². The molecule has 33 heavy (non-hydrogen) atoms. The summed E-state index contributed by atoms with van der Waals surface area (Å²) in [6.07, 6.45) is -4.83. The van der Waals surface area contributed by atoms with Crippen LogP contribution >= 0.6 is 0 Å². The maximum absolute atomic E-state index is 13.5. The highest BCUT2D eigenvalue weighted by molar-refractivity contribution is 5.88. The van der Waals surface area contributed by atoms with Gasteiger partial charge >= 0.3 is 12.1 Å². The molecule has 174 valence electrons. The summed E-state index contributed by atoms with van der Waals surface area (Å²) < 4.78 is 50.8. The molecule has 0 aliphatic heterocycles. The Hall–Kier alpha value is -3.75. The van der Waals surface area contributed by atoms with Gasteiger partial charge in [0.25, 0.3) is 0 Å². The number of carboxylic acids is 1. The molecule has 6 nitrogen and oxygen atoms in total. The average Bonchev–Trinajstić information content (AvgIpc) is 2.78. The number of hydrogen-bond donors (Lipinski definition) is 1. The van der Waals surface area contributed by atoms with Crippen LogP contribution in [0, 0.1) is 6.92 Å². The molecule has 1 N–H and O–H groups in total. The summed E-state index contributed by atoms with van der Waals surface area (Å²) in [5, 5.41) is 9.45. The van der Waals surface area contributed by atoms with Crippen molar-refractivity contribution in [3.8, 4) is 11.5 Å². The molecule has 0 spiro atoms. The molecule has 0 aliphatic rings.